The van der Waals surface area contributed by atoms with Crippen molar-refractivity contribution in [1.29, 1.82) is 0 Å². The van der Waals surface area contributed by atoms with E-state index in [-0.39, 0.29) is 0 Å². The molecule has 0 radical (unpaired) electrons. The van der Waals surface area contributed by atoms with E-state index in [2.05, 4.69) is 66.9 Å². The summed E-state index contributed by atoms with van der Waals surface area (Å²) in [5.74, 6) is 0. The first-order valence-corrected chi connectivity index (χ1v) is 9.58. The summed E-state index contributed by atoms with van der Waals surface area (Å²) < 4.78 is 2.46. The minimum Gasteiger partial charge on any atom is -0.318 e. The van der Waals surface area contributed by atoms with Gasteiger partial charge >= 0.3 is 0 Å². The third-order valence-corrected chi connectivity index (χ3v) is 5.91. The zero-order valence-corrected chi connectivity index (χ0v) is 15.8. The molecule has 0 unspecified atom stereocenters. The monoisotopic (exact) mass is 343 g/mol. The van der Waals surface area contributed by atoms with Gasteiger partial charge in [-0.1, -0.05) is 17.7 Å². The first-order chi connectivity index (χ1) is 12.6. The van der Waals surface area contributed by atoms with E-state index in [1.807, 2.05) is 0 Å². The summed E-state index contributed by atoms with van der Waals surface area (Å²) >= 11 is 0. The van der Waals surface area contributed by atoms with Gasteiger partial charge in [-0.25, -0.2) is 0 Å². The van der Waals surface area contributed by atoms with Crippen LogP contribution in [-0.2, 0) is 19.4 Å². The van der Waals surface area contributed by atoms with Gasteiger partial charge in [-0.15, -0.1) is 0 Å². The maximum atomic E-state index is 4.75. The van der Waals surface area contributed by atoms with Crippen molar-refractivity contribution >= 4 is 22.7 Å². The number of rotatable bonds is 1. The average Bonchev–Trinajstić information content (AvgIpc) is 3.14. The molecule has 0 atom stereocenters. The predicted molar refractivity (Wildman–Crippen MR) is 108 cm³/mol. The summed E-state index contributed by atoms with van der Waals surface area (Å²) in [6.07, 6.45) is 5.67. The Morgan fingerprint density at radius 3 is 2.81 bits per heavy atom. The van der Waals surface area contributed by atoms with Crippen LogP contribution in [-0.4, -0.2) is 28.0 Å². The number of hydrogen-bond acceptors (Lipinski definition) is 2. The van der Waals surface area contributed by atoms with Crippen LogP contribution < -0.4 is 0 Å². The van der Waals surface area contributed by atoms with E-state index in [9.17, 15) is 0 Å². The highest BCUT2D eigenvalue weighted by molar-refractivity contribution is 5.91. The van der Waals surface area contributed by atoms with E-state index < -0.39 is 0 Å². The highest BCUT2D eigenvalue weighted by Gasteiger charge is 2.23. The van der Waals surface area contributed by atoms with Gasteiger partial charge in [-0.05, 0) is 69.5 Å². The maximum Gasteiger partial charge on any atom is 0.0529 e. The third-order valence-electron chi connectivity index (χ3n) is 5.91. The van der Waals surface area contributed by atoms with Crippen molar-refractivity contribution in [3.63, 3.8) is 0 Å². The quantitative estimate of drug-likeness (QED) is 0.644. The van der Waals surface area contributed by atoms with Crippen LogP contribution in [0.1, 0.15) is 40.2 Å². The molecule has 3 nitrogen and oxygen atoms in total. The summed E-state index contributed by atoms with van der Waals surface area (Å²) in [5, 5.41) is 1.44. The molecule has 2 aromatic heterocycles. The van der Waals surface area contributed by atoms with Crippen molar-refractivity contribution < 1.29 is 0 Å². The van der Waals surface area contributed by atoms with E-state index in [0.29, 0.717) is 0 Å². The molecule has 132 valence electrons. The molecule has 0 saturated heterocycles. The molecule has 0 saturated carbocycles. The second-order valence-electron chi connectivity index (χ2n) is 7.90. The van der Waals surface area contributed by atoms with Gasteiger partial charge in [0.25, 0.3) is 0 Å². The number of aryl methyl sites for hydroxylation is 3. The van der Waals surface area contributed by atoms with Gasteiger partial charge < -0.3 is 9.47 Å². The van der Waals surface area contributed by atoms with E-state index in [1.54, 1.807) is 5.56 Å². The third kappa shape index (κ3) is 2.42. The Labute approximate surface area is 155 Å². The van der Waals surface area contributed by atoms with E-state index in [1.165, 1.54) is 39.0 Å². The summed E-state index contributed by atoms with van der Waals surface area (Å²) in [4.78, 5) is 7.18. The molecule has 1 aliphatic carbocycles. The van der Waals surface area contributed by atoms with Crippen LogP contribution in [0, 0.1) is 13.8 Å². The molecule has 1 aromatic carbocycles. The molecule has 0 bridgehead atoms. The highest BCUT2D eigenvalue weighted by Crippen LogP contribution is 2.36. The summed E-state index contributed by atoms with van der Waals surface area (Å²) in [7, 11) is 2.22. The van der Waals surface area contributed by atoms with E-state index in [4.69, 9.17) is 4.98 Å². The van der Waals surface area contributed by atoms with Crippen molar-refractivity contribution in [3.05, 3.63) is 64.1 Å². The molecule has 0 spiro atoms. The SMILES string of the molecule is Cc1ccc2c(c1)c1c(n2/C=C2\CCc3nc(C)ccc32)CN(C)CC1. The van der Waals surface area contributed by atoms with Crippen molar-refractivity contribution in [2.45, 2.75) is 39.7 Å². The van der Waals surface area contributed by atoms with Gasteiger partial charge in [-0.3, -0.25) is 4.98 Å². The topological polar surface area (TPSA) is 21.1 Å². The van der Waals surface area contributed by atoms with Gasteiger partial charge in [0.05, 0.1) is 5.52 Å². The van der Waals surface area contributed by atoms with Crippen LogP contribution in [0.25, 0.3) is 22.7 Å². The average molecular weight is 343 g/mol. The zero-order chi connectivity index (χ0) is 17.8. The van der Waals surface area contributed by atoms with Gasteiger partial charge in [-0.2, -0.15) is 0 Å². The van der Waals surface area contributed by atoms with Crippen LogP contribution in [0.4, 0.5) is 0 Å². The fraction of sp³-hybridized carbons (Fsp3) is 0.348. The Kier molecular flexibility index (Phi) is 3.54. The zero-order valence-electron chi connectivity index (χ0n) is 15.8. The smallest absolute Gasteiger partial charge is 0.0529 e. The first-order valence-electron chi connectivity index (χ1n) is 9.58. The largest absolute Gasteiger partial charge is 0.318 e. The van der Waals surface area contributed by atoms with Crippen LogP contribution in [0.3, 0.4) is 0 Å². The van der Waals surface area contributed by atoms with Crippen molar-refractivity contribution in [3.8, 4) is 0 Å². The van der Waals surface area contributed by atoms with Crippen molar-refractivity contribution in [1.82, 2.24) is 14.5 Å². The molecular weight excluding hydrogens is 318 g/mol. The number of likely N-dealkylation sites (N-methyl/N-ethyl adjacent to an activating group) is 1. The van der Waals surface area contributed by atoms with Crippen LogP contribution in [0.2, 0.25) is 0 Å². The maximum absolute atomic E-state index is 4.75. The van der Waals surface area contributed by atoms with Crippen LogP contribution in [0.15, 0.2) is 30.3 Å². The molecule has 3 aromatic rings. The minimum atomic E-state index is 1.02. The highest BCUT2D eigenvalue weighted by atomic mass is 15.1. The number of benzene rings is 1. The number of fused-ring (bicyclic) bond motifs is 4. The molecular formula is C23H25N3. The molecule has 3 heterocycles. The molecule has 0 amide bonds. The Balaban J connectivity index is 1.72. The van der Waals surface area contributed by atoms with Gasteiger partial charge in [0.1, 0.15) is 0 Å². The standard InChI is InChI=1S/C23H25N3/c1-15-4-9-22-20(12-15)19-10-11-25(3)14-23(19)26(22)13-17-6-8-21-18(17)7-5-16(2)24-21/h4-5,7,9,12-13H,6,8,10-11,14H2,1-3H3/b17-13+. The lowest BCUT2D eigenvalue weighted by atomic mass is 10.0. The molecule has 0 fully saturated rings. The Morgan fingerprint density at radius 1 is 1.04 bits per heavy atom. The molecule has 26 heavy (non-hydrogen) atoms. The normalized spacial score (nSPS) is 18.5. The van der Waals surface area contributed by atoms with Crippen LogP contribution >= 0.6 is 0 Å². The number of aromatic nitrogens is 2. The number of hydrogen-bond donors (Lipinski definition) is 0. The summed E-state index contributed by atoms with van der Waals surface area (Å²) in [6.45, 7) is 6.43. The Bertz CT molecular complexity index is 1050. The van der Waals surface area contributed by atoms with Crippen LogP contribution in [0.5, 0.6) is 0 Å². The predicted octanol–water partition coefficient (Wildman–Crippen LogP) is 4.59. The first kappa shape index (κ1) is 15.8. The molecule has 5 rings (SSSR count). The molecule has 3 heteroatoms. The number of allylic oxidation sites excluding steroid dienone is 1. The van der Waals surface area contributed by atoms with Gasteiger partial charge in [0.2, 0.25) is 0 Å². The second kappa shape index (κ2) is 5.82. The minimum absolute atomic E-state index is 1.02. The lowest BCUT2D eigenvalue weighted by Gasteiger charge is -2.24. The van der Waals surface area contributed by atoms with Crippen molar-refractivity contribution in [2.24, 2.45) is 0 Å². The summed E-state index contributed by atoms with van der Waals surface area (Å²) in [6, 6.07) is 11.3. The fourth-order valence-corrected chi connectivity index (χ4v) is 4.55. The van der Waals surface area contributed by atoms with Crippen molar-refractivity contribution in [2.75, 3.05) is 13.6 Å². The van der Waals surface area contributed by atoms with Gasteiger partial charge in [0, 0.05) is 47.3 Å². The summed E-state index contributed by atoms with van der Waals surface area (Å²) in [5.41, 5.74) is 10.8. The Hall–Kier alpha value is -2.39. The molecule has 0 N–H and O–H groups in total. The lowest BCUT2D eigenvalue weighted by Crippen LogP contribution is -2.27. The Morgan fingerprint density at radius 2 is 1.92 bits per heavy atom. The molecule has 1 aliphatic heterocycles. The van der Waals surface area contributed by atoms with E-state index in [0.717, 1.165) is 38.0 Å². The second-order valence-corrected chi connectivity index (χ2v) is 7.90. The van der Waals surface area contributed by atoms with E-state index >= 15 is 0 Å². The number of pyridine rings is 1. The van der Waals surface area contributed by atoms with Gasteiger partial charge in [0.15, 0.2) is 0 Å². The number of nitrogens with zero attached hydrogens (tertiary/aromatic N) is 3. The fourth-order valence-electron chi connectivity index (χ4n) is 4.55. The lowest BCUT2D eigenvalue weighted by molar-refractivity contribution is 0.308. The molecule has 2 aliphatic rings.